The summed E-state index contributed by atoms with van der Waals surface area (Å²) in [5.74, 6) is 1.89. The zero-order valence-electron chi connectivity index (χ0n) is 21.7. The molecular weight excluding hydrogens is 440 g/mol. The third kappa shape index (κ3) is 6.11. The van der Waals surface area contributed by atoms with E-state index < -0.39 is 5.60 Å². The molecule has 0 fully saturated rings. The van der Waals surface area contributed by atoms with Crippen LogP contribution < -0.4 is 9.47 Å². The van der Waals surface area contributed by atoms with Gasteiger partial charge in [0.05, 0.1) is 12.2 Å². The fourth-order valence-corrected chi connectivity index (χ4v) is 3.55. The van der Waals surface area contributed by atoms with Crippen molar-refractivity contribution < 1.29 is 24.1 Å². The summed E-state index contributed by atoms with van der Waals surface area (Å²) in [6, 6.07) is 22.0. The van der Waals surface area contributed by atoms with Crippen molar-refractivity contribution in [3.63, 3.8) is 0 Å². The molecule has 0 amide bonds. The van der Waals surface area contributed by atoms with Gasteiger partial charge in [-0.1, -0.05) is 38.1 Å². The molecule has 5 heteroatoms. The number of carbonyl (C=O) groups is 1. The van der Waals surface area contributed by atoms with Gasteiger partial charge in [0.25, 0.3) is 0 Å². The number of hydrogen-bond donors (Lipinski definition) is 1. The van der Waals surface area contributed by atoms with Gasteiger partial charge in [0, 0.05) is 23.7 Å². The van der Waals surface area contributed by atoms with Gasteiger partial charge < -0.3 is 19.3 Å². The summed E-state index contributed by atoms with van der Waals surface area (Å²) in [5.41, 5.74) is 1.12. The summed E-state index contributed by atoms with van der Waals surface area (Å²) in [5, 5.41) is 9.34. The molecule has 3 aromatic rings. The molecule has 0 aliphatic heterocycles. The first-order valence-electron chi connectivity index (χ1n) is 11.8. The highest BCUT2D eigenvalue weighted by molar-refractivity contribution is 6.09. The molecule has 0 saturated carbocycles. The highest BCUT2D eigenvalue weighted by Gasteiger charge is 2.38. The summed E-state index contributed by atoms with van der Waals surface area (Å²) >= 11 is 0. The van der Waals surface area contributed by atoms with Crippen molar-refractivity contribution in [3.8, 4) is 17.2 Å². The molecule has 0 aromatic heterocycles. The molecule has 3 aromatic carbocycles. The number of carbonyl (C=O) groups excluding carboxylic acids is 1. The van der Waals surface area contributed by atoms with E-state index in [0.717, 1.165) is 5.56 Å². The third-order valence-corrected chi connectivity index (χ3v) is 6.84. The fourth-order valence-electron chi connectivity index (χ4n) is 3.55. The van der Waals surface area contributed by atoms with Crippen molar-refractivity contribution in [2.75, 3.05) is 13.7 Å². The number of aliphatic hydroxyl groups is 1. The van der Waals surface area contributed by atoms with Crippen molar-refractivity contribution in [1.82, 2.24) is 0 Å². The lowest BCUT2D eigenvalue weighted by molar-refractivity contribution is -0.0341. The number of ether oxygens (including phenoxy) is 3. The van der Waals surface area contributed by atoms with Gasteiger partial charge in [0.1, 0.15) is 22.8 Å². The molecule has 0 aliphatic rings. The van der Waals surface area contributed by atoms with Crippen molar-refractivity contribution in [2.24, 2.45) is 0 Å². The Kier molecular flexibility index (Phi) is 7.73. The minimum Gasteiger partial charge on any atom is -0.485 e. The van der Waals surface area contributed by atoms with E-state index in [-0.39, 0.29) is 23.4 Å². The smallest absolute Gasteiger partial charge is 0.193 e. The summed E-state index contributed by atoms with van der Waals surface area (Å²) in [6.45, 7) is 12.0. The van der Waals surface area contributed by atoms with Gasteiger partial charge in [-0.15, -0.1) is 0 Å². The Hall–Kier alpha value is -3.15. The van der Waals surface area contributed by atoms with Crippen LogP contribution in [0.25, 0.3) is 0 Å². The van der Waals surface area contributed by atoms with Crippen LogP contribution in [-0.4, -0.2) is 35.8 Å². The van der Waals surface area contributed by atoms with E-state index in [2.05, 4.69) is 27.7 Å². The van der Waals surface area contributed by atoms with Crippen molar-refractivity contribution in [2.45, 2.75) is 58.2 Å². The van der Waals surface area contributed by atoms with Crippen LogP contribution in [0.1, 0.15) is 63.0 Å². The van der Waals surface area contributed by atoms with Crippen molar-refractivity contribution in [3.05, 3.63) is 89.5 Å². The largest absolute Gasteiger partial charge is 0.485 e. The molecule has 0 spiro atoms. The van der Waals surface area contributed by atoms with Gasteiger partial charge in [0.2, 0.25) is 0 Å². The van der Waals surface area contributed by atoms with Crippen LogP contribution in [0.2, 0.25) is 0 Å². The van der Waals surface area contributed by atoms with Crippen LogP contribution in [-0.2, 0) is 10.2 Å². The van der Waals surface area contributed by atoms with Gasteiger partial charge >= 0.3 is 0 Å². The number of hydrogen-bond acceptors (Lipinski definition) is 5. The Bertz CT molecular complexity index is 1120. The molecule has 35 heavy (non-hydrogen) atoms. The zero-order chi connectivity index (χ0) is 25.9. The second kappa shape index (κ2) is 10.2. The van der Waals surface area contributed by atoms with Crippen LogP contribution >= 0.6 is 0 Å². The van der Waals surface area contributed by atoms with Gasteiger partial charge in [0.15, 0.2) is 5.78 Å². The highest BCUT2D eigenvalue weighted by atomic mass is 16.5. The summed E-state index contributed by atoms with van der Waals surface area (Å²) in [6.07, 6.45) is 0. The minimum atomic E-state index is -0.651. The predicted molar refractivity (Wildman–Crippen MR) is 139 cm³/mol. The topological polar surface area (TPSA) is 65.0 Å². The highest BCUT2D eigenvalue weighted by Crippen LogP contribution is 2.37. The molecule has 0 heterocycles. The molecule has 0 aliphatic carbocycles. The average molecular weight is 477 g/mol. The number of ketones is 1. The zero-order valence-corrected chi connectivity index (χ0v) is 21.7. The molecular formula is C30H36O5. The Morgan fingerprint density at radius 3 is 1.60 bits per heavy atom. The van der Waals surface area contributed by atoms with Crippen LogP contribution in [0.3, 0.4) is 0 Å². The van der Waals surface area contributed by atoms with Crippen molar-refractivity contribution in [1.29, 1.82) is 0 Å². The van der Waals surface area contributed by atoms with Crippen LogP contribution in [0, 0.1) is 0 Å². The minimum absolute atomic E-state index is 0.0418. The molecule has 1 N–H and O–H groups in total. The molecule has 0 radical (unpaired) electrons. The first-order valence-corrected chi connectivity index (χ1v) is 11.8. The maximum absolute atomic E-state index is 13.0. The molecule has 3 rings (SSSR count). The average Bonchev–Trinajstić information content (AvgIpc) is 2.85. The quantitative estimate of drug-likeness (QED) is 0.336. The van der Waals surface area contributed by atoms with Crippen LogP contribution in [0.15, 0.2) is 72.8 Å². The summed E-state index contributed by atoms with van der Waals surface area (Å²) < 4.78 is 17.3. The van der Waals surface area contributed by atoms with E-state index in [1.54, 1.807) is 55.6 Å². The SMILES string of the molecule is COC(C)(C)C(C)(C)c1ccc(C(=O)c2ccc(Oc3ccc(OC(C)(C)CO)cc3)cc2)cc1. The van der Waals surface area contributed by atoms with E-state index in [1.807, 2.05) is 38.1 Å². The lowest BCUT2D eigenvalue weighted by atomic mass is 9.71. The van der Waals surface area contributed by atoms with Gasteiger partial charge in [-0.05, 0) is 81.8 Å². The third-order valence-electron chi connectivity index (χ3n) is 6.84. The molecule has 0 saturated heterocycles. The Morgan fingerprint density at radius 2 is 1.14 bits per heavy atom. The standard InChI is InChI=1S/C30H36O5/c1-28(2,20-31)35-26-18-16-25(17-19-26)34-24-14-10-22(11-15-24)27(32)21-8-12-23(13-9-21)29(3,4)30(5,6)33-7/h8-19,31H,20H2,1-7H3. The normalized spacial score (nSPS) is 12.3. The van der Waals surface area contributed by atoms with E-state index in [4.69, 9.17) is 14.2 Å². The van der Waals surface area contributed by atoms with E-state index in [9.17, 15) is 9.90 Å². The lowest BCUT2D eigenvalue weighted by Gasteiger charge is -2.41. The number of rotatable bonds is 10. The van der Waals surface area contributed by atoms with Gasteiger partial charge in [-0.25, -0.2) is 0 Å². The molecule has 0 unspecified atom stereocenters. The first kappa shape index (κ1) is 26.5. The molecule has 5 nitrogen and oxygen atoms in total. The van der Waals surface area contributed by atoms with Gasteiger partial charge in [-0.3, -0.25) is 4.79 Å². The first-order chi connectivity index (χ1) is 16.4. The van der Waals surface area contributed by atoms with E-state index in [1.165, 1.54) is 0 Å². The lowest BCUT2D eigenvalue weighted by Crippen LogP contribution is -2.44. The second-order valence-corrected chi connectivity index (χ2v) is 10.4. The maximum Gasteiger partial charge on any atom is 0.193 e. The fraction of sp³-hybridized carbons (Fsp3) is 0.367. The summed E-state index contributed by atoms with van der Waals surface area (Å²) in [4.78, 5) is 13.0. The van der Waals surface area contributed by atoms with E-state index >= 15 is 0 Å². The van der Waals surface area contributed by atoms with Gasteiger partial charge in [-0.2, -0.15) is 0 Å². The number of methoxy groups -OCH3 is 1. The second-order valence-electron chi connectivity index (χ2n) is 10.4. The molecule has 186 valence electrons. The molecule has 0 atom stereocenters. The number of aliphatic hydroxyl groups excluding tert-OH is 1. The Balaban J connectivity index is 1.67. The maximum atomic E-state index is 13.0. The Labute approximate surface area is 208 Å². The number of benzene rings is 3. The molecule has 0 bridgehead atoms. The Morgan fingerprint density at radius 1 is 0.714 bits per heavy atom. The summed E-state index contributed by atoms with van der Waals surface area (Å²) in [7, 11) is 1.72. The van der Waals surface area contributed by atoms with Crippen LogP contribution in [0.5, 0.6) is 17.2 Å². The predicted octanol–water partition coefficient (Wildman–Crippen LogP) is 6.56. The van der Waals surface area contributed by atoms with Crippen molar-refractivity contribution >= 4 is 5.78 Å². The monoisotopic (exact) mass is 476 g/mol. The van der Waals surface area contributed by atoms with E-state index in [0.29, 0.717) is 28.4 Å². The van der Waals surface area contributed by atoms with Crippen LogP contribution in [0.4, 0.5) is 0 Å².